The van der Waals surface area contributed by atoms with E-state index in [4.69, 9.17) is 9.47 Å². The number of benzene rings is 1. The second-order valence-corrected chi connectivity index (χ2v) is 3.77. The summed E-state index contributed by atoms with van der Waals surface area (Å²) in [5, 5.41) is 2.66. The number of rotatable bonds is 6. The first-order valence-electron chi connectivity index (χ1n) is 5.92. The Balaban J connectivity index is 2.70. The second-order valence-electron chi connectivity index (χ2n) is 3.77. The highest BCUT2D eigenvalue weighted by molar-refractivity contribution is 5.67. The van der Waals surface area contributed by atoms with Crippen LogP contribution in [0.1, 0.15) is 25.0 Å². The summed E-state index contributed by atoms with van der Waals surface area (Å²) in [5.74, 6) is 0.719. The number of carbonyl (C=O) groups excluding carboxylic acids is 1. The van der Waals surface area contributed by atoms with Crippen molar-refractivity contribution < 1.29 is 14.3 Å². The number of hydrogen-bond acceptors (Lipinski definition) is 3. The molecule has 1 aromatic carbocycles. The zero-order valence-electron chi connectivity index (χ0n) is 10.8. The normalized spacial score (nSPS) is 11.4. The second kappa shape index (κ2) is 7.37. The van der Waals surface area contributed by atoms with Gasteiger partial charge in [0.2, 0.25) is 0 Å². The SMILES string of the molecule is C=C[C@@H](OC(=O)NCCC)c1cccc(OC)c1. The van der Waals surface area contributed by atoms with Crippen molar-refractivity contribution in [2.24, 2.45) is 0 Å². The van der Waals surface area contributed by atoms with Crippen molar-refractivity contribution in [3.8, 4) is 5.75 Å². The molecule has 0 aliphatic rings. The van der Waals surface area contributed by atoms with E-state index in [0.717, 1.165) is 17.7 Å². The number of alkyl carbamates (subject to hydrolysis) is 1. The van der Waals surface area contributed by atoms with Crippen LogP contribution < -0.4 is 10.1 Å². The predicted octanol–water partition coefficient (Wildman–Crippen LogP) is 3.06. The molecule has 0 spiro atoms. The summed E-state index contributed by atoms with van der Waals surface area (Å²) in [5.41, 5.74) is 0.830. The van der Waals surface area contributed by atoms with E-state index in [1.165, 1.54) is 0 Å². The van der Waals surface area contributed by atoms with Crippen LogP contribution >= 0.6 is 0 Å². The molecule has 0 saturated carbocycles. The Morgan fingerprint density at radius 1 is 1.56 bits per heavy atom. The Morgan fingerprint density at radius 3 is 2.94 bits per heavy atom. The van der Waals surface area contributed by atoms with Crippen molar-refractivity contribution in [1.82, 2.24) is 5.32 Å². The molecule has 0 saturated heterocycles. The maximum Gasteiger partial charge on any atom is 0.408 e. The number of carbonyl (C=O) groups is 1. The Kier molecular flexibility index (Phi) is 5.77. The first-order chi connectivity index (χ1) is 8.71. The van der Waals surface area contributed by atoms with Gasteiger partial charge in [-0.15, -0.1) is 0 Å². The van der Waals surface area contributed by atoms with Crippen LogP contribution in [0.2, 0.25) is 0 Å². The lowest BCUT2D eigenvalue weighted by molar-refractivity contribution is 0.120. The number of ether oxygens (including phenoxy) is 2. The molecule has 1 atom stereocenters. The summed E-state index contributed by atoms with van der Waals surface area (Å²) in [6, 6.07) is 7.36. The first-order valence-corrected chi connectivity index (χ1v) is 5.92. The van der Waals surface area contributed by atoms with Crippen molar-refractivity contribution in [3.63, 3.8) is 0 Å². The molecule has 0 bridgehead atoms. The van der Waals surface area contributed by atoms with Gasteiger partial charge in [0.1, 0.15) is 11.9 Å². The fourth-order valence-electron chi connectivity index (χ4n) is 1.45. The summed E-state index contributed by atoms with van der Waals surface area (Å²) in [6.45, 7) is 6.26. The van der Waals surface area contributed by atoms with Crippen LogP contribution in [-0.4, -0.2) is 19.7 Å². The van der Waals surface area contributed by atoms with E-state index in [-0.39, 0.29) is 0 Å². The van der Waals surface area contributed by atoms with Crippen molar-refractivity contribution in [3.05, 3.63) is 42.5 Å². The zero-order valence-corrected chi connectivity index (χ0v) is 10.8. The third-order valence-electron chi connectivity index (χ3n) is 2.39. The van der Waals surface area contributed by atoms with E-state index in [1.807, 2.05) is 31.2 Å². The minimum Gasteiger partial charge on any atom is -0.497 e. The van der Waals surface area contributed by atoms with Gasteiger partial charge in [0.15, 0.2) is 0 Å². The van der Waals surface area contributed by atoms with Gasteiger partial charge < -0.3 is 14.8 Å². The third kappa shape index (κ3) is 4.13. The molecule has 4 heteroatoms. The molecule has 1 amide bonds. The van der Waals surface area contributed by atoms with Gasteiger partial charge in [-0.2, -0.15) is 0 Å². The molecule has 0 radical (unpaired) electrons. The quantitative estimate of drug-likeness (QED) is 0.788. The van der Waals surface area contributed by atoms with Crippen molar-refractivity contribution in [2.75, 3.05) is 13.7 Å². The Labute approximate surface area is 108 Å². The zero-order chi connectivity index (χ0) is 13.4. The Hall–Kier alpha value is -1.97. The number of amides is 1. The van der Waals surface area contributed by atoms with Gasteiger partial charge in [0.05, 0.1) is 7.11 Å². The number of methoxy groups -OCH3 is 1. The molecule has 98 valence electrons. The standard InChI is InChI=1S/C14H19NO3/c1-4-9-15-14(16)18-13(5-2)11-7-6-8-12(10-11)17-3/h5-8,10,13H,2,4,9H2,1,3H3,(H,15,16)/t13-/m1/s1. The summed E-state index contributed by atoms with van der Waals surface area (Å²) >= 11 is 0. The Bertz CT molecular complexity index is 404. The van der Waals surface area contributed by atoms with E-state index in [1.54, 1.807) is 13.2 Å². The maximum atomic E-state index is 11.5. The molecule has 0 aliphatic heterocycles. The van der Waals surface area contributed by atoms with Gasteiger partial charge in [-0.1, -0.05) is 25.6 Å². The molecule has 1 aromatic rings. The minimum absolute atomic E-state index is 0.440. The van der Waals surface area contributed by atoms with Gasteiger partial charge in [-0.3, -0.25) is 0 Å². The smallest absolute Gasteiger partial charge is 0.408 e. The van der Waals surface area contributed by atoms with E-state index in [0.29, 0.717) is 6.54 Å². The topological polar surface area (TPSA) is 47.6 Å². The number of hydrogen-bond donors (Lipinski definition) is 1. The summed E-state index contributed by atoms with van der Waals surface area (Å²) in [7, 11) is 1.59. The molecule has 1 rings (SSSR count). The third-order valence-corrected chi connectivity index (χ3v) is 2.39. The highest BCUT2D eigenvalue weighted by atomic mass is 16.6. The predicted molar refractivity (Wildman–Crippen MR) is 70.7 cm³/mol. The molecule has 0 heterocycles. The largest absolute Gasteiger partial charge is 0.497 e. The Morgan fingerprint density at radius 2 is 2.33 bits per heavy atom. The van der Waals surface area contributed by atoms with E-state index >= 15 is 0 Å². The van der Waals surface area contributed by atoms with Crippen LogP contribution in [0.15, 0.2) is 36.9 Å². The first kappa shape index (κ1) is 14.1. The lowest BCUT2D eigenvalue weighted by atomic mass is 10.1. The summed E-state index contributed by atoms with van der Waals surface area (Å²) < 4.78 is 10.4. The molecule has 4 nitrogen and oxygen atoms in total. The van der Waals surface area contributed by atoms with E-state index in [9.17, 15) is 4.79 Å². The average Bonchev–Trinajstić information content (AvgIpc) is 2.42. The summed E-state index contributed by atoms with van der Waals surface area (Å²) in [6.07, 6.45) is 1.54. The van der Waals surface area contributed by atoms with E-state index < -0.39 is 12.2 Å². The van der Waals surface area contributed by atoms with Gasteiger partial charge >= 0.3 is 6.09 Å². The van der Waals surface area contributed by atoms with Gasteiger partial charge in [0.25, 0.3) is 0 Å². The van der Waals surface area contributed by atoms with Crippen LogP contribution in [0.3, 0.4) is 0 Å². The van der Waals surface area contributed by atoms with Crippen molar-refractivity contribution in [1.29, 1.82) is 0 Å². The van der Waals surface area contributed by atoms with Gasteiger partial charge in [-0.05, 0) is 24.6 Å². The van der Waals surface area contributed by atoms with Crippen LogP contribution in [0.5, 0.6) is 5.75 Å². The van der Waals surface area contributed by atoms with Crippen LogP contribution in [-0.2, 0) is 4.74 Å². The van der Waals surface area contributed by atoms with Gasteiger partial charge in [-0.25, -0.2) is 4.79 Å². The molecule has 0 fully saturated rings. The van der Waals surface area contributed by atoms with Crippen molar-refractivity contribution >= 4 is 6.09 Å². The fraction of sp³-hybridized carbons (Fsp3) is 0.357. The highest BCUT2D eigenvalue weighted by Crippen LogP contribution is 2.22. The molecular weight excluding hydrogens is 230 g/mol. The van der Waals surface area contributed by atoms with Crippen LogP contribution in [0.4, 0.5) is 4.79 Å². The monoisotopic (exact) mass is 249 g/mol. The molecular formula is C14H19NO3. The molecule has 0 aliphatic carbocycles. The highest BCUT2D eigenvalue weighted by Gasteiger charge is 2.13. The maximum absolute atomic E-state index is 11.5. The average molecular weight is 249 g/mol. The minimum atomic E-state index is -0.475. The molecule has 0 aromatic heterocycles. The van der Waals surface area contributed by atoms with Gasteiger partial charge in [0, 0.05) is 12.1 Å². The number of nitrogens with one attached hydrogen (secondary N) is 1. The van der Waals surface area contributed by atoms with Crippen molar-refractivity contribution in [2.45, 2.75) is 19.4 Å². The molecule has 18 heavy (non-hydrogen) atoms. The lowest BCUT2D eigenvalue weighted by Crippen LogP contribution is -2.26. The van der Waals surface area contributed by atoms with E-state index in [2.05, 4.69) is 11.9 Å². The summed E-state index contributed by atoms with van der Waals surface area (Å²) in [4.78, 5) is 11.5. The fourth-order valence-corrected chi connectivity index (χ4v) is 1.45. The molecule has 1 N–H and O–H groups in total. The molecule has 0 unspecified atom stereocenters. The van der Waals surface area contributed by atoms with Crippen LogP contribution in [0, 0.1) is 0 Å². The lowest BCUT2D eigenvalue weighted by Gasteiger charge is -2.15. The van der Waals surface area contributed by atoms with Crippen LogP contribution in [0.25, 0.3) is 0 Å².